The van der Waals surface area contributed by atoms with Gasteiger partial charge in [0.1, 0.15) is 0 Å². The maximum atomic E-state index is 12.3. The van der Waals surface area contributed by atoms with Gasteiger partial charge in [0.15, 0.2) is 11.6 Å². The Labute approximate surface area is 176 Å². The third-order valence-electron chi connectivity index (χ3n) is 5.18. The lowest BCUT2D eigenvalue weighted by Crippen LogP contribution is -2.01. The lowest BCUT2D eigenvalue weighted by atomic mass is 9.85. The van der Waals surface area contributed by atoms with E-state index >= 15 is 0 Å². The molecule has 0 saturated heterocycles. The molecule has 1 heterocycles. The lowest BCUT2D eigenvalue weighted by Gasteiger charge is -2.18. The Balaban J connectivity index is 2.10. The predicted molar refractivity (Wildman–Crippen MR) is 121 cm³/mol. The van der Waals surface area contributed by atoms with Crippen molar-refractivity contribution in [3.05, 3.63) is 102 Å². The second kappa shape index (κ2) is 8.26. The number of Topliss-reactive ketones (excluding diaryl/α,β-unsaturated/α-hetero) is 2. The van der Waals surface area contributed by atoms with Crippen molar-refractivity contribution in [1.82, 2.24) is 4.98 Å². The molecule has 3 nitrogen and oxygen atoms in total. The van der Waals surface area contributed by atoms with E-state index in [-0.39, 0.29) is 11.6 Å². The summed E-state index contributed by atoms with van der Waals surface area (Å²) in [4.78, 5) is 29.3. The standard InChI is InChI=1S/C27H21NO2/c1-18(29)20-10-3-5-12-22(20)24-14-9-15-25(27(24)26-16-7-8-17-28-26)23-13-6-4-11-21(23)19(2)30/h3-17H,1-2H3. The van der Waals surface area contributed by atoms with E-state index in [4.69, 9.17) is 0 Å². The van der Waals surface area contributed by atoms with E-state index in [1.807, 2.05) is 84.9 Å². The van der Waals surface area contributed by atoms with Crippen LogP contribution in [0.2, 0.25) is 0 Å². The molecule has 0 amide bonds. The van der Waals surface area contributed by atoms with Gasteiger partial charge in [0, 0.05) is 22.9 Å². The Morgan fingerprint density at radius 1 is 0.567 bits per heavy atom. The van der Waals surface area contributed by atoms with Crippen LogP contribution in [0.25, 0.3) is 33.5 Å². The number of nitrogens with zero attached hydrogens (tertiary/aromatic N) is 1. The highest BCUT2D eigenvalue weighted by Crippen LogP contribution is 2.41. The summed E-state index contributed by atoms with van der Waals surface area (Å²) in [6.07, 6.45) is 1.75. The van der Waals surface area contributed by atoms with Crippen LogP contribution >= 0.6 is 0 Å². The Hall–Kier alpha value is -3.85. The Kier molecular flexibility index (Phi) is 5.36. The molecule has 1 aromatic heterocycles. The average molecular weight is 391 g/mol. The van der Waals surface area contributed by atoms with Crippen LogP contribution in [0.5, 0.6) is 0 Å². The van der Waals surface area contributed by atoms with Crippen molar-refractivity contribution in [1.29, 1.82) is 0 Å². The molecule has 0 unspecified atom stereocenters. The van der Waals surface area contributed by atoms with Gasteiger partial charge < -0.3 is 0 Å². The number of rotatable bonds is 5. The first-order valence-electron chi connectivity index (χ1n) is 9.83. The van der Waals surface area contributed by atoms with Gasteiger partial charge in [-0.3, -0.25) is 14.6 Å². The average Bonchev–Trinajstić information content (AvgIpc) is 2.79. The quantitative estimate of drug-likeness (QED) is 0.365. The van der Waals surface area contributed by atoms with Crippen LogP contribution < -0.4 is 0 Å². The molecule has 3 heteroatoms. The molecule has 0 saturated carbocycles. The van der Waals surface area contributed by atoms with Crippen LogP contribution in [0.3, 0.4) is 0 Å². The summed E-state index contributed by atoms with van der Waals surface area (Å²) in [5.74, 6) is 0.0132. The van der Waals surface area contributed by atoms with Crippen molar-refractivity contribution >= 4 is 11.6 Å². The van der Waals surface area contributed by atoms with E-state index in [9.17, 15) is 9.59 Å². The largest absolute Gasteiger partial charge is 0.294 e. The van der Waals surface area contributed by atoms with Gasteiger partial charge in [-0.05, 0) is 48.2 Å². The van der Waals surface area contributed by atoms with Crippen molar-refractivity contribution < 1.29 is 9.59 Å². The number of pyridine rings is 1. The minimum absolute atomic E-state index is 0.00658. The van der Waals surface area contributed by atoms with E-state index in [1.54, 1.807) is 20.0 Å². The van der Waals surface area contributed by atoms with Crippen molar-refractivity contribution in [2.24, 2.45) is 0 Å². The third kappa shape index (κ3) is 3.58. The highest BCUT2D eigenvalue weighted by Gasteiger charge is 2.20. The molecule has 4 aromatic rings. The monoisotopic (exact) mass is 391 g/mol. The van der Waals surface area contributed by atoms with Crippen molar-refractivity contribution in [3.8, 4) is 33.5 Å². The number of aromatic nitrogens is 1. The lowest BCUT2D eigenvalue weighted by molar-refractivity contribution is 0.101. The fraction of sp³-hybridized carbons (Fsp3) is 0.0741. The van der Waals surface area contributed by atoms with Crippen molar-refractivity contribution in [2.75, 3.05) is 0 Å². The van der Waals surface area contributed by atoms with Gasteiger partial charge in [0.05, 0.1) is 5.69 Å². The molecule has 0 fully saturated rings. The predicted octanol–water partition coefficient (Wildman–Crippen LogP) is 6.49. The van der Waals surface area contributed by atoms with Gasteiger partial charge in [0.2, 0.25) is 0 Å². The number of carbonyl (C=O) groups excluding carboxylic acids is 2. The first-order valence-corrected chi connectivity index (χ1v) is 9.83. The van der Waals surface area contributed by atoms with Crippen LogP contribution in [0.1, 0.15) is 34.6 Å². The summed E-state index contributed by atoms with van der Waals surface area (Å²) < 4.78 is 0. The van der Waals surface area contributed by atoms with Gasteiger partial charge in [-0.1, -0.05) is 72.8 Å². The SMILES string of the molecule is CC(=O)c1ccccc1-c1cccc(-c2ccccc2C(C)=O)c1-c1ccccn1. The zero-order chi connectivity index (χ0) is 21.1. The van der Waals surface area contributed by atoms with Crippen LogP contribution in [0.4, 0.5) is 0 Å². The second-order valence-electron chi connectivity index (χ2n) is 7.15. The number of ketones is 2. The second-order valence-corrected chi connectivity index (χ2v) is 7.15. The normalized spacial score (nSPS) is 10.6. The van der Waals surface area contributed by atoms with Gasteiger partial charge in [-0.15, -0.1) is 0 Å². The van der Waals surface area contributed by atoms with Crippen LogP contribution in [-0.4, -0.2) is 16.6 Å². The molecular weight excluding hydrogens is 370 g/mol. The van der Waals surface area contributed by atoms with Gasteiger partial charge in [-0.2, -0.15) is 0 Å². The topological polar surface area (TPSA) is 47.0 Å². The highest BCUT2D eigenvalue weighted by atomic mass is 16.1. The van der Waals surface area contributed by atoms with Crippen molar-refractivity contribution in [3.63, 3.8) is 0 Å². The molecule has 0 atom stereocenters. The van der Waals surface area contributed by atoms with Gasteiger partial charge in [-0.25, -0.2) is 0 Å². The minimum Gasteiger partial charge on any atom is -0.294 e. The maximum absolute atomic E-state index is 12.3. The van der Waals surface area contributed by atoms with E-state index in [2.05, 4.69) is 4.98 Å². The maximum Gasteiger partial charge on any atom is 0.160 e. The van der Waals surface area contributed by atoms with Gasteiger partial charge in [0.25, 0.3) is 0 Å². The molecule has 0 bridgehead atoms. The summed E-state index contributed by atoms with van der Waals surface area (Å²) in [5.41, 5.74) is 6.55. The summed E-state index contributed by atoms with van der Waals surface area (Å²) >= 11 is 0. The number of benzene rings is 3. The Bertz CT molecular complexity index is 1170. The summed E-state index contributed by atoms with van der Waals surface area (Å²) in [6, 6.07) is 26.9. The smallest absolute Gasteiger partial charge is 0.160 e. The molecule has 0 aliphatic rings. The minimum atomic E-state index is 0.00658. The Morgan fingerprint density at radius 2 is 1.03 bits per heavy atom. The Morgan fingerprint density at radius 3 is 1.50 bits per heavy atom. The molecule has 0 radical (unpaired) electrons. The number of hydrogen-bond donors (Lipinski definition) is 0. The van der Waals surface area contributed by atoms with E-state index in [1.165, 1.54) is 0 Å². The summed E-state index contributed by atoms with van der Waals surface area (Å²) in [7, 11) is 0. The first kappa shape index (κ1) is 19.5. The summed E-state index contributed by atoms with van der Waals surface area (Å²) in [5, 5.41) is 0. The van der Waals surface area contributed by atoms with E-state index in [0.717, 1.165) is 33.5 Å². The highest BCUT2D eigenvalue weighted by molar-refractivity contribution is 6.07. The third-order valence-corrected chi connectivity index (χ3v) is 5.18. The molecule has 4 rings (SSSR count). The molecule has 0 spiro atoms. The van der Waals surface area contributed by atoms with E-state index in [0.29, 0.717) is 11.1 Å². The molecule has 146 valence electrons. The molecule has 0 aliphatic carbocycles. The molecule has 0 N–H and O–H groups in total. The van der Waals surface area contributed by atoms with Crippen LogP contribution in [0, 0.1) is 0 Å². The molecule has 0 aliphatic heterocycles. The van der Waals surface area contributed by atoms with Crippen molar-refractivity contribution in [2.45, 2.75) is 13.8 Å². The molecular formula is C27H21NO2. The van der Waals surface area contributed by atoms with Crippen LogP contribution in [-0.2, 0) is 0 Å². The molecule has 30 heavy (non-hydrogen) atoms. The van der Waals surface area contributed by atoms with Crippen LogP contribution in [0.15, 0.2) is 91.1 Å². The first-order chi connectivity index (χ1) is 14.6. The zero-order valence-electron chi connectivity index (χ0n) is 16.9. The fourth-order valence-electron chi connectivity index (χ4n) is 3.84. The summed E-state index contributed by atoms with van der Waals surface area (Å²) in [6.45, 7) is 3.16. The van der Waals surface area contributed by atoms with Gasteiger partial charge >= 0.3 is 0 Å². The molecule has 3 aromatic carbocycles. The zero-order valence-corrected chi connectivity index (χ0v) is 16.9. The fourth-order valence-corrected chi connectivity index (χ4v) is 3.84. The number of hydrogen-bond acceptors (Lipinski definition) is 3. The van der Waals surface area contributed by atoms with E-state index < -0.39 is 0 Å². The number of carbonyl (C=O) groups is 2.